The quantitative estimate of drug-likeness (QED) is 0.874. The molecule has 0 unspecified atom stereocenters. The van der Waals surface area contributed by atoms with Gasteiger partial charge in [-0.3, -0.25) is 4.79 Å². The molecule has 0 aliphatic carbocycles. The lowest BCUT2D eigenvalue weighted by Crippen LogP contribution is -2.34. The molecule has 0 N–H and O–H groups in total. The highest BCUT2D eigenvalue weighted by Gasteiger charge is 2.23. The Morgan fingerprint density at radius 1 is 1.14 bits per heavy atom. The van der Waals surface area contributed by atoms with Gasteiger partial charge >= 0.3 is 0 Å². The topological polar surface area (TPSA) is 42.4 Å². The molecule has 0 bridgehead atoms. The van der Waals surface area contributed by atoms with Crippen molar-refractivity contribution in [2.45, 2.75) is 19.8 Å². The monoisotopic (exact) mass is 296 g/mol. The lowest BCUT2D eigenvalue weighted by Gasteiger charge is -2.20. The summed E-state index contributed by atoms with van der Waals surface area (Å²) in [4.78, 5) is 18.9. The number of hydrogen-bond acceptors (Lipinski definition) is 3. The summed E-state index contributed by atoms with van der Waals surface area (Å²) in [5.41, 5.74) is 3.09. The van der Waals surface area contributed by atoms with Crippen LogP contribution < -0.4 is 4.74 Å². The van der Waals surface area contributed by atoms with E-state index in [9.17, 15) is 4.79 Å². The van der Waals surface area contributed by atoms with Crippen LogP contribution in [0, 0.1) is 0 Å². The van der Waals surface area contributed by atoms with Crippen LogP contribution in [0.25, 0.3) is 0 Å². The van der Waals surface area contributed by atoms with Crippen molar-refractivity contribution in [1.29, 1.82) is 0 Å². The number of amides is 1. The summed E-state index contributed by atoms with van der Waals surface area (Å²) in [5, 5.41) is 0. The lowest BCUT2D eigenvalue weighted by molar-refractivity contribution is 0.0752. The van der Waals surface area contributed by atoms with Crippen molar-refractivity contribution in [1.82, 2.24) is 9.88 Å². The highest BCUT2D eigenvalue weighted by molar-refractivity contribution is 5.95. The summed E-state index contributed by atoms with van der Waals surface area (Å²) >= 11 is 0. The molecule has 2 aromatic rings. The molecule has 0 spiro atoms. The van der Waals surface area contributed by atoms with E-state index in [0.29, 0.717) is 18.1 Å². The Hall–Kier alpha value is -2.36. The van der Waals surface area contributed by atoms with Gasteiger partial charge in [-0.25, -0.2) is 4.98 Å². The van der Waals surface area contributed by atoms with E-state index in [1.807, 2.05) is 11.8 Å². The molecule has 3 rings (SSSR count). The van der Waals surface area contributed by atoms with Crippen LogP contribution in [0.3, 0.4) is 0 Å². The molecule has 0 saturated carbocycles. The minimum absolute atomic E-state index is 0.0446. The predicted octanol–water partition coefficient (Wildman–Crippen LogP) is 2.72. The fourth-order valence-corrected chi connectivity index (χ4v) is 2.84. The van der Waals surface area contributed by atoms with E-state index < -0.39 is 0 Å². The molecule has 2 heterocycles. The largest absolute Gasteiger partial charge is 0.491 e. The van der Waals surface area contributed by atoms with Crippen LogP contribution in [0.1, 0.15) is 28.5 Å². The summed E-state index contributed by atoms with van der Waals surface area (Å²) in [5.74, 6) is 0.522. The molecule has 0 atom stereocenters. The van der Waals surface area contributed by atoms with Gasteiger partial charge in [0.25, 0.3) is 5.91 Å². The van der Waals surface area contributed by atoms with E-state index in [1.165, 1.54) is 11.1 Å². The average Bonchev–Trinajstić information content (AvgIpc) is 2.78. The lowest BCUT2D eigenvalue weighted by atomic mass is 10.0. The van der Waals surface area contributed by atoms with Crippen molar-refractivity contribution >= 4 is 5.91 Å². The number of nitrogens with zero attached hydrogens (tertiary/aromatic N) is 2. The molecule has 0 saturated heterocycles. The van der Waals surface area contributed by atoms with Gasteiger partial charge in [0.15, 0.2) is 11.4 Å². The van der Waals surface area contributed by atoms with Crippen molar-refractivity contribution in [3.63, 3.8) is 0 Å². The van der Waals surface area contributed by atoms with Gasteiger partial charge in [0.1, 0.15) is 0 Å². The molecule has 114 valence electrons. The number of carbonyl (C=O) groups is 1. The minimum Gasteiger partial charge on any atom is -0.491 e. The smallest absolute Gasteiger partial charge is 0.276 e. The highest BCUT2D eigenvalue weighted by atomic mass is 16.5. The Morgan fingerprint density at radius 3 is 2.45 bits per heavy atom. The molecule has 4 heteroatoms. The van der Waals surface area contributed by atoms with Gasteiger partial charge in [-0.1, -0.05) is 24.3 Å². The van der Waals surface area contributed by atoms with Crippen molar-refractivity contribution < 1.29 is 9.53 Å². The van der Waals surface area contributed by atoms with Crippen molar-refractivity contribution in [2.24, 2.45) is 0 Å². The Kier molecular flexibility index (Phi) is 4.37. The van der Waals surface area contributed by atoms with E-state index in [4.69, 9.17) is 4.74 Å². The third-order valence-corrected chi connectivity index (χ3v) is 3.98. The molecule has 1 aromatic heterocycles. The maximum Gasteiger partial charge on any atom is 0.276 e. The summed E-state index contributed by atoms with van der Waals surface area (Å²) in [6, 6.07) is 12.0. The van der Waals surface area contributed by atoms with Crippen LogP contribution in [0.2, 0.25) is 0 Å². The van der Waals surface area contributed by atoms with Crippen LogP contribution in [0.5, 0.6) is 5.75 Å². The van der Waals surface area contributed by atoms with E-state index in [2.05, 4.69) is 29.2 Å². The van der Waals surface area contributed by atoms with Crippen molar-refractivity contribution in [3.8, 4) is 5.75 Å². The number of fused-ring (bicyclic) bond motifs is 1. The van der Waals surface area contributed by atoms with Crippen LogP contribution in [0.15, 0.2) is 42.6 Å². The number of aromatic nitrogens is 1. The van der Waals surface area contributed by atoms with Crippen LogP contribution >= 0.6 is 0 Å². The fourth-order valence-electron chi connectivity index (χ4n) is 2.84. The van der Waals surface area contributed by atoms with Crippen LogP contribution in [0.4, 0.5) is 0 Å². The summed E-state index contributed by atoms with van der Waals surface area (Å²) in [6.45, 7) is 3.87. The number of rotatable bonds is 3. The van der Waals surface area contributed by atoms with E-state index in [0.717, 1.165) is 25.9 Å². The predicted molar refractivity (Wildman–Crippen MR) is 85.2 cm³/mol. The zero-order chi connectivity index (χ0) is 15.4. The standard InChI is InChI=1S/C18H20N2O2/c1-2-22-16-8-5-11-19-17(16)18(21)20-12-9-14-6-3-4-7-15(14)10-13-20/h3-8,11H,2,9-10,12-13H2,1H3. The van der Waals surface area contributed by atoms with Crippen LogP contribution in [-0.2, 0) is 12.8 Å². The van der Waals surface area contributed by atoms with Gasteiger partial charge in [-0.05, 0) is 43.0 Å². The molecule has 1 amide bonds. The average molecular weight is 296 g/mol. The summed E-state index contributed by atoms with van der Waals surface area (Å²) in [6.07, 6.45) is 3.42. The normalized spacial score (nSPS) is 14.1. The maximum atomic E-state index is 12.8. The summed E-state index contributed by atoms with van der Waals surface area (Å²) in [7, 11) is 0. The van der Waals surface area contributed by atoms with Gasteiger partial charge in [-0.15, -0.1) is 0 Å². The van der Waals surface area contributed by atoms with Crippen molar-refractivity contribution in [2.75, 3.05) is 19.7 Å². The zero-order valence-corrected chi connectivity index (χ0v) is 12.8. The summed E-state index contributed by atoms with van der Waals surface area (Å²) < 4.78 is 5.53. The zero-order valence-electron chi connectivity index (χ0n) is 12.8. The Bertz CT molecular complexity index is 643. The minimum atomic E-state index is -0.0446. The van der Waals surface area contributed by atoms with Gasteiger partial charge in [0.2, 0.25) is 0 Å². The van der Waals surface area contributed by atoms with E-state index in [-0.39, 0.29) is 5.91 Å². The van der Waals surface area contributed by atoms with Gasteiger partial charge in [-0.2, -0.15) is 0 Å². The van der Waals surface area contributed by atoms with Crippen LogP contribution in [-0.4, -0.2) is 35.5 Å². The third kappa shape index (κ3) is 2.96. The van der Waals surface area contributed by atoms with Gasteiger partial charge in [0.05, 0.1) is 6.61 Å². The number of pyridine rings is 1. The number of hydrogen-bond donors (Lipinski definition) is 0. The molecule has 1 aliphatic rings. The second kappa shape index (κ2) is 6.60. The highest BCUT2D eigenvalue weighted by Crippen LogP contribution is 2.20. The molecule has 1 aromatic carbocycles. The molecule has 4 nitrogen and oxygen atoms in total. The van der Waals surface area contributed by atoms with Crippen molar-refractivity contribution in [3.05, 3.63) is 59.4 Å². The number of ether oxygens (including phenoxy) is 1. The third-order valence-electron chi connectivity index (χ3n) is 3.98. The molecular weight excluding hydrogens is 276 g/mol. The SMILES string of the molecule is CCOc1cccnc1C(=O)N1CCc2ccccc2CC1. The Labute approximate surface area is 130 Å². The van der Waals surface area contributed by atoms with Gasteiger partial charge in [0, 0.05) is 19.3 Å². The first-order valence-electron chi connectivity index (χ1n) is 7.73. The first-order valence-corrected chi connectivity index (χ1v) is 7.73. The fraction of sp³-hybridized carbons (Fsp3) is 0.333. The van der Waals surface area contributed by atoms with E-state index >= 15 is 0 Å². The molecule has 0 fully saturated rings. The molecular formula is C18H20N2O2. The molecule has 22 heavy (non-hydrogen) atoms. The number of carbonyl (C=O) groups excluding carboxylic acids is 1. The first-order chi connectivity index (χ1) is 10.8. The Balaban J connectivity index is 1.79. The number of benzene rings is 1. The first kappa shape index (κ1) is 14.6. The van der Waals surface area contributed by atoms with E-state index in [1.54, 1.807) is 18.3 Å². The molecule has 1 aliphatic heterocycles. The maximum absolute atomic E-state index is 12.8. The second-order valence-corrected chi connectivity index (χ2v) is 5.34. The van der Waals surface area contributed by atoms with Gasteiger partial charge < -0.3 is 9.64 Å². The Morgan fingerprint density at radius 2 is 1.82 bits per heavy atom. The molecule has 0 radical (unpaired) electrons. The second-order valence-electron chi connectivity index (χ2n) is 5.34.